The Morgan fingerprint density at radius 2 is 1.46 bits per heavy atom. The number of carbonyl (C=O) groups is 3. The first-order chi connectivity index (χ1) is 17.3. The zero-order valence-electron chi connectivity index (χ0n) is 24.5. The van der Waals surface area contributed by atoms with Gasteiger partial charge in [-0.2, -0.15) is 0 Å². The van der Waals surface area contributed by atoms with Crippen molar-refractivity contribution in [2.45, 2.75) is 131 Å². The van der Waals surface area contributed by atoms with Gasteiger partial charge in [0, 0.05) is 32.6 Å². The van der Waals surface area contributed by atoms with Crippen LogP contribution in [-0.2, 0) is 23.9 Å². The Morgan fingerprint density at radius 3 is 2.11 bits per heavy atom. The number of Topliss-reactive ketones (excluding diaryl/α,β-unsaturated/α-hetero) is 1. The van der Waals surface area contributed by atoms with Crippen LogP contribution in [0.1, 0.15) is 119 Å². The van der Waals surface area contributed by atoms with Gasteiger partial charge in [0.25, 0.3) is 0 Å². The number of esters is 2. The summed E-state index contributed by atoms with van der Waals surface area (Å²) in [5, 5.41) is 0. The quantitative estimate of drug-likeness (QED) is 0.320. The average Bonchev–Trinajstić information content (AvgIpc) is 3.14. The van der Waals surface area contributed by atoms with Crippen LogP contribution in [0.5, 0.6) is 0 Å². The van der Waals surface area contributed by atoms with E-state index in [9.17, 15) is 14.4 Å². The molecule has 0 saturated heterocycles. The summed E-state index contributed by atoms with van der Waals surface area (Å²) in [6.07, 6.45) is 11.0. The molecule has 4 aliphatic rings. The first-order valence-corrected chi connectivity index (χ1v) is 15.2. The largest absolute Gasteiger partial charge is 0.463 e. The molecule has 5 heteroatoms. The molecule has 4 aliphatic carbocycles. The topological polar surface area (TPSA) is 69.7 Å². The molecular formula is C32H52O5. The van der Waals surface area contributed by atoms with Crippen LogP contribution in [0.3, 0.4) is 0 Å². The van der Waals surface area contributed by atoms with E-state index in [1.807, 2.05) is 0 Å². The molecule has 0 aliphatic heterocycles. The number of fused-ring (bicyclic) bond motifs is 5. The maximum Gasteiger partial charge on any atom is 0.302 e. The third kappa shape index (κ3) is 5.66. The van der Waals surface area contributed by atoms with Crippen LogP contribution >= 0.6 is 0 Å². The summed E-state index contributed by atoms with van der Waals surface area (Å²) in [4.78, 5) is 36.3. The number of hydrogen-bond donors (Lipinski definition) is 0. The number of carbonyl (C=O) groups excluding carboxylic acids is 3. The van der Waals surface area contributed by atoms with E-state index in [1.165, 1.54) is 39.5 Å². The Morgan fingerprint density at radius 1 is 0.811 bits per heavy atom. The lowest BCUT2D eigenvalue weighted by atomic mass is 9.43. The monoisotopic (exact) mass is 516 g/mol. The van der Waals surface area contributed by atoms with Crippen LogP contribution in [0.15, 0.2) is 0 Å². The standard InChI is InChI=1S/C32H52O5/c1-19(2)16-23(35)9-8-20(3)26-10-11-27-25-18-30(37-22(5)34)29-17-24(36-21(4)33)12-14-32(29,7)28(25)13-15-31(26,27)6/h19-20,24-30H,8-18H2,1-7H3/t20-,24-,25+,26-,27+,28+,29+,30+,31-,32-/m1/s1. The molecule has 0 amide bonds. The van der Waals surface area contributed by atoms with Gasteiger partial charge >= 0.3 is 11.9 Å². The Hall–Kier alpha value is -1.39. The Kier molecular flexibility index (Phi) is 8.51. The van der Waals surface area contributed by atoms with Crippen molar-refractivity contribution < 1.29 is 23.9 Å². The third-order valence-electron chi connectivity index (χ3n) is 11.5. The molecule has 0 N–H and O–H groups in total. The molecule has 0 aromatic heterocycles. The molecule has 5 nitrogen and oxygen atoms in total. The lowest BCUT2D eigenvalue weighted by molar-refractivity contribution is -0.197. The summed E-state index contributed by atoms with van der Waals surface area (Å²) in [7, 11) is 0. The molecule has 0 heterocycles. The van der Waals surface area contributed by atoms with Gasteiger partial charge in [-0.3, -0.25) is 14.4 Å². The molecule has 210 valence electrons. The van der Waals surface area contributed by atoms with Gasteiger partial charge in [0.05, 0.1) is 0 Å². The van der Waals surface area contributed by atoms with Gasteiger partial charge in [-0.05, 0) is 104 Å². The predicted molar refractivity (Wildman–Crippen MR) is 145 cm³/mol. The second-order valence-corrected chi connectivity index (χ2v) is 14.3. The molecule has 0 aromatic rings. The summed E-state index contributed by atoms with van der Waals surface area (Å²) in [6.45, 7) is 14.7. The Bertz CT molecular complexity index is 865. The highest BCUT2D eigenvalue weighted by Gasteiger charge is 2.63. The third-order valence-corrected chi connectivity index (χ3v) is 11.5. The Balaban J connectivity index is 1.52. The summed E-state index contributed by atoms with van der Waals surface area (Å²) in [5.74, 6) is 3.83. The molecular weight excluding hydrogens is 464 g/mol. The van der Waals surface area contributed by atoms with E-state index < -0.39 is 0 Å². The first kappa shape index (κ1) is 28.6. The molecule has 0 aromatic carbocycles. The smallest absolute Gasteiger partial charge is 0.302 e. The fourth-order valence-electron chi connectivity index (χ4n) is 10.0. The number of hydrogen-bond acceptors (Lipinski definition) is 5. The molecule has 0 unspecified atom stereocenters. The van der Waals surface area contributed by atoms with E-state index in [1.54, 1.807) is 0 Å². The van der Waals surface area contributed by atoms with Crippen LogP contribution in [0, 0.1) is 52.3 Å². The van der Waals surface area contributed by atoms with Gasteiger partial charge in [0.1, 0.15) is 18.0 Å². The van der Waals surface area contributed by atoms with Crippen molar-refractivity contribution in [2.24, 2.45) is 52.3 Å². The lowest BCUT2D eigenvalue weighted by Gasteiger charge is -2.62. The van der Waals surface area contributed by atoms with Crippen LogP contribution < -0.4 is 0 Å². The zero-order chi connectivity index (χ0) is 27.1. The van der Waals surface area contributed by atoms with Crippen molar-refractivity contribution in [2.75, 3.05) is 0 Å². The zero-order valence-corrected chi connectivity index (χ0v) is 24.5. The minimum atomic E-state index is -0.211. The van der Waals surface area contributed by atoms with Crippen LogP contribution in [0.2, 0.25) is 0 Å². The summed E-state index contributed by atoms with van der Waals surface area (Å²) >= 11 is 0. The average molecular weight is 517 g/mol. The van der Waals surface area contributed by atoms with Crippen molar-refractivity contribution >= 4 is 17.7 Å². The highest BCUT2D eigenvalue weighted by molar-refractivity contribution is 5.78. The second-order valence-electron chi connectivity index (χ2n) is 14.3. The molecule has 4 saturated carbocycles. The van der Waals surface area contributed by atoms with Crippen LogP contribution in [-0.4, -0.2) is 29.9 Å². The molecule has 4 rings (SSSR count). The number of rotatable bonds is 8. The van der Waals surface area contributed by atoms with Crippen molar-refractivity contribution in [3.63, 3.8) is 0 Å². The van der Waals surface area contributed by atoms with E-state index in [4.69, 9.17) is 9.47 Å². The highest BCUT2D eigenvalue weighted by Crippen LogP contribution is 2.68. The summed E-state index contributed by atoms with van der Waals surface area (Å²) < 4.78 is 11.7. The van der Waals surface area contributed by atoms with Gasteiger partial charge in [0.15, 0.2) is 0 Å². The SMILES string of the molecule is CC(=O)O[C@@H]1CC[C@]2(C)[C@H]3CC[C@]4(C)[C@@H]([C@H](C)CCC(=O)CC(C)C)CC[C@H]4[C@@H]3C[C@H](OC(C)=O)[C@@H]2C1. The first-order valence-electron chi connectivity index (χ1n) is 15.2. The fourth-order valence-corrected chi connectivity index (χ4v) is 10.0. The second kappa shape index (κ2) is 11.0. The summed E-state index contributed by atoms with van der Waals surface area (Å²) in [5.41, 5.74) is 0.425. The molecule has 4 fully saturated rings. The fraction of sp³-hybridized carbons (Fsp3) is 0.906. The van der Waals surface area contributed by atoms with E-state index in [-0.39, 0.29) is 35.5 Å². The minimum absolute atomic E-state index is 0.0610. The minimum Gasteiger partial charge on any atom is -0.463 e. The van der Waals surface area contributed by atoms with Crippen molar-refractivity contribution in [1.29, 1.82) is 0 Å². The maximum atomic E-state index is 12.4. The highest BCUT2D eigenvalue weighted by atomic mass is 16.5. The molecule has 37 heavy (non-hydrogen) atoms. The molecule has 0 bridgehead atoms. The number of ether oxygens (including phenoxy) is 2. The van der Waals surface area contributed by atoms with Gasteiger partial charge in [-0.25, -0.2) is 0 Å². The van der Waals surface area contributed by atoms with Crippen LogP contribution in [0.25, 0.3) is 0 Å². The van der Waals surface area contributed by atoms with E-state index in [0.29, 0.717) is 53.1 Å². The predicted octanol–water partition coefficient (Wildman–Crippen LogP) is 7.15. The van der Waals surface area contributed by atoms with Gasteiger partial charge in [-0.1, -0.05) is 34.6 Å². The van der Waals surface area contributed by atoms with Crippen LogP contribution in [0.4, 0.5) is 0 Å². The number of ketones is 1. The van der Waals surface area contributed by atoms with E-state index in [0.717, 1.165) is 38.5 Å². The van der Waals surface area contributed by atoms with E-state index in [2.05, 4.69) is 34.6 Å². The van der Waals surface area contributed by atoms with Gasteiger partial charge in [-0.15, -0.1) is 0 Å². The van der Waals surface area contributed by atoms with E-state index >= 15 is 0 Å². The maximum absolute atomic E-state index is 12.4. The van der Waals surface area contributed by atoms with Crippen molar-refractivity contribution in [1.82, 2.24) is 0 Å². The molecule has 0 radical (unpaired) electrons. The van der Waals surface area contributed by atoms with Gasteiger partial charge in [0.2, 0.25) is 0 Å². The molecule has 10 atom stereocenters. The van der Waals surface area contributed by atoms with Gasteiger partial charge < -0.3 is 9.47 Å². The van der Waals surface area contributed by atoms with Crippen molar-refractivity contribution in [3.8, 4) is 0 Å². The molecule has 0 spiro atoms. The van der Waals surface area contributed by atoms with Crippen molar-refractivity contribution in [3.05, 3.63) is 0 Å². The summed E-state index contributed by atoms with van der Waals surface area (Å²) in [6, 6.07) is 0. The lowest BCUT2D eigenvalue weighted by Crippen LogP contribution is -2.59. The Labute approximate surface area is 225 Å². The normalized spacial score (nSPS) is 41.8.